The molecule has 0 aliphatic rings. The monoisotopic (exact) mass is 421 g/mol. The van der Waals surface area contributed by atoms with Crippen LogP contribution in [0, 0.1) is 5.92 Å². The first-order valence-electron chi connectivity index (χ1n) is 7.14. The number of hydrogen-bond acceptors (Lipinski definition) is 3. The highest BCUT2D eigenvalue weighted by Gasteiger charge is 2.11. The lowest BCUT2D eigenvalue weighted by molar-refractivity contribution is 0.382. The van der Waals surface area contributed by atoms with Crippen LogP contribution in [0.3, 0.4) is 0 Å². The van der Waals surface area contributed by atoms with Crippen molar-refractivity contribution in [3.05, 3.63) is 23.8 Å². The number of rotatable bonds is 6. The van der Waals surface area contributed by atoms with E-state index in [-0.39, 0.29) is 24.0 Å². The van der Waals surface area contributed by atoms with Crippen LogP contribution in [0.4, 0.5) is 0 Å². The van der Waals surface area contributed by atoms with Crippen LogP contribution in [0.1, 0.15) is 19.4 Å². The minimum absolute atomic E-state index is 0. The third-order valence-corrected chi connectivity index (χ3v) is 3.14. The smallest absolute Gasteiger partial charge is 0.193 e. The van der Waals surface area contributed by atoms with Gasteiger partial charge in [0.2, 0.25) is 0 Å². The summed E-state index contributed by atoms with van der Waals surface area (Å²) in [5, 5.41) is 3.36. The number of nitrogens with one attached hydrogen (secondary N) is 1. The predicted molar refractivity (Wildman–Crippen MR) is 103 cm³/mol. The first-order chi connectivity index (χ1) is 10.0. The summed E-state index contributed by atoms with van der Waals surface area (Å²) in [5.41, 5.74) is 1.09. The molecule has 0 spiro atoms. The Morgan fingerprint density at radius 2 is 1.95 bits per heavy atom. The van der Waals surface area contributed by atoms with Crippen LogP contribution >= 0.6 is 24.0 Å². The Morgan fingerprint density at radius 1 is 1.27 bits per heavy atom. The first-order valence-corrected chi connectivity index (χ1v) is 7.14. The lowest BCUT2D eigenvalue weighted by atomic mass is 10.2. The van der Waals surface area contributed by atoms with Crippen molar-refractivity contribution in [1.29, 1.82) is 0 Å². The standard InChI is InChI=1S/C16H27N3O2.HI/c1-12(2)10-18-16(17-3)19(4)11-13-7-8-14(20-5)9-15(13)21-6;/h7-9,12H,10-11H2,1-6H3,(H,17,18);1H. The van der Waals surface area contributed by atoms with Gasteiger partial charge < -0.3 is 19.7 Å². The molecular weight excluding hydrogens is 393 g/mol. The molecule has 1 N–H and O–H groups in total. The Labute approximate surface area is 151 Å². The zero-order chi connectivity index (χ0) is 15.8. The van der Waals surface area contributed by atoms with Gasteiger partial charge >= 0.3 is 0 Å². The van der Waals surface area contributed by atoms with Crippen molar-refractivity contribution in [1.82, 2.24) is 10.2 Å². The van der Waals surface area contributed by atoms with Crippen LogP contribution in [-0.2, 0) is 6.54 Å². The summed E-state index contributed by atoms with van der Waals surface area (Å²) in [6, 6.07) is 5.85. The fourth-order valence-corrected chi connectivity index (χ4v) is 1.99. The van der Waals surface area contributed by atoms with Crippen molar-refractivity contribution in [3.8, 4) is 11.5 Å². The Morgan fingerprint density at radius 3 is 2.45 bits per heavy atom. The predicted octanol–water partition coefficient (Wildman–Crippen LogP) is 2.99. The van der Waals surface area contributed by atoms with Crippen molar-refractivity contribution >= 4 is 29.9 Å². The second-order valence-corrected chi connectivity index (χ2v) is 5.36. The number of nitrogens with zero attached hydrogens (tertiary/aromatic N) is 2. The fraction of sp³-hybridized carbons (Fsp3) is 0.562. The van der Waals surface area contributed by atoms with Gasteiger partial charge in [-0.25, -0.2) is 0 Å². The van der Waals surface area contributed by atoms with Gasteiger partial charge in [-0.2, -0.15) is 0 Å². The van der Waals surface area contributed by atoms with E-state index in [4.69, 9.17) is 9.47 Å². The third kappa shape index (κ3) is 6.29. The topological polar surface area (TPSA) is 46.1 Å². The van der Waals surface area contributed by atoms with Crippen molar-refractivity contribution in [2.45, 2.75) is 20.4 Å². The van der Waals surface area contributed by atoms with E-state index < -0.39 is 0 Å². The van der Waals surface area contributed by atoms with E-state index in [1.165, 1.54) is 0 Å². The van der Waals surface area contributed by atoms with E-state index in [1.807, 2.05) is 25.2 Å². The van der Waals surface area contributed by atoms with Crippen molar-refractivity contribution in [2.24, 2.45) is 10.9 Å². The lowest BCUT2D eigenvalue weighted by Crippen LogP contribution is -2.40. The number of hydrogen-bond donors (Lipinski definition) is 1. The molecule has 0 amide bonds. The molecule has 0 aromatic heterocycles. The normalized spacial score (nSPS) is 11.0. The molecule has 0 saturated carbocycles. The van der Waals surface area contributed by atoms with Gasteiger partial charge in [0.25, 0.3) is 0 Å². The second-order valence-electron chi connectivity index (χ2n) is 5.36. The van der Waals surface area contributed by atoms with Gasteiger partial charge in [0, 0.05) is 38.8 Å². The molecule has 0 aliphatic heterocycles. The number of halogens is 1. The van der Waals surface area contributed by atoms with Gasteiger partial charge in [-0.1, -0.05) is 13.8 Å². The molecule has 0 aliphatic carbocycles. The molecule has 1 aromatic rings. The average molecular weight is 421 g/mol. The quantitative estimate of drug-likeness (QED) is 0.436. The molecule has 1 aromatic carbocycles. The van der Waals surface area contributed by atoms with Gasteiger partial charge in [0.15, 0.2) is 5.96 Å². The maximum Gasteiger partial charge on any atom is 0.193 e. The molecule has 0 unspecified atom stereocenters. The highest BCUT2D eigenvalue weighted by Crippen LogP contribution is 2.25. The molecule has 0 saturated heterocycles. The molecule has 1 rings (SSSR count). The number of ether oxygens (including phenoxy) is 2. The molecular formula is C16H28IN3O2. The van der Waals surface area contributed by atoms with E-state index in [1.54, 1.807) is 21.3 Å². The molecule has 0 atom stereocenters. The SMILES string of the molecule is CN=C(NCC(C)C)N(C)Cc1ccc(OC)cc1OC.I. The van der Waals surface area contributed by atoms with Gasteiger partial charge in [0.05, 0.1) is 14.2 Å². The van der Waals surface area contributed by atoms with Crippen LogP contribution in [0.15, 0.2) is 23.2 Å². The largest absolute Gasteiger partial charge is 0.497 e. The lowest BCUT2D eigenvalue weighted by Gasteiger charge is -2.24. The van der Waals surface area contributed by atoms with E-state index in [9.17, 15) is 0 Å². The van der Waals surface area contributed by atoms with Gasteiger partial charge in [0.1, 0.15) is 11.5 Å². The van der Waals surface area contributed by atoms with Crippen LogP contribution in [-0.4, -0.2) is 45.7 Å². The summed E-state index contributed by atoms with van der Waals surface area (Å²) in [7, 11) is 7.13. The summed E-state index contributed by atoms with van der Waals surface area (Å²) >= 11 is 0. The zero-order valence-corrected chi connectivity index (χ0v) is 16.7. The molecule has 0 heterocycles. The number of benzene rings is 1. The highest BCUT2D eigenvalue weighted by molar-refractivity contribution is 14.0. The Hall–Kier alpha value is -1.18. The fourth-order valence-electron chi connectivity index (χ4n) is 1.99. The van der Waals surface area contributed by atoms with E-state index in [2.05, 4.69) is 29.1 Å². The van der Waals surface area contributed by atoms with Crippen LogP contribution in [0.2, 0.25) is 0 Å². The van der Waals surface area contributed by atoms with Crippen LogP contribution < -0.4 is 14.8 Å². The molecule has 126 valence electrons. The summed E-state index contributed by atoms with van der Waals surface area (Å²) in [6.45, 7) is 5.96. The van der Waals surface area contributed by atoms with E-state index >= 15 is 0 Å². The highest BCUT2D eigenvalue weighted by atomic mass is 127. The van der Waals surface area contributed by atoms with Crippen molar-refractivity contribution < 1.29 is 9.47 Å². The van der Waals surface area contributed by atoms with Crippen molar-refractivity contribution in [2.75, 3.05) is 34.9 Å². The minimum atomic E-state index is 0. The van der Waals surface area contributed by atoms with Gasteiger partial charge in [-0.3, -0.25) is 4.99 Å². The zero-order valence-electron chi connectivity index (χ0n) is 14.3. The summed E-state index contributed by atoms with van der Waals surface area (Å²) in [5.74, 6) is 3.06. The molecule has 22 heavy (non-hydrogen) atoms. The maximum absolute atomic E-state index is 5.43. The van der Waals surface area contributed by atoms with Gasteiger partial charge in [-0.15, -0.1) is 24.0 Å². The number of guanidine groups is 1. The maximum atomic E-state index is 5.43. The van der Waals surface area contributed by atoms with E-state index in [0.29, 0.717) is 12.5 Å². The summed E-state index contributed by atoms with van der Waals surface area (Å²) in [4.78, 5) is 6.39. The molecule has 0 fully saturated rings. The van der Waals surface area contributed by atoms with Gasteiger partial charge in [-0.05, 0) is 18.1 Å². The van der Waals surface area contributed by atoms with Crippen LogP contribution in [0.5, 0.6) is 11.5 Å². The molecule has 0 bridgehead atoms. The third-order valence-electron chi connectivity index (χ3n) is 3.14. The summed E-state index contributed by atoms with van der Waals surface area (Å²) < 4.78 is 10.7. The molecule has 5 nitrogen and oxygen atoms in total. The Balaban J connectivity index is 0.00000441. The average Bonchev–Trinajstić information content (AvgIpc) is 2.47. The number of methoxy groups -OCH3 is 2. The molecule has 6 heteroatoms. The minimum Gasteiger partial charge on any atom is -0.497 e. The second kappa shape index (κ2) is 10.5. The molecule has 0 radical (unpaired) electrons. The van der Waals surface area contributed by atoms with E-state index in [0.717, 1.165) is 29.6 Å². The first kappa shape index (κ1) is 20.8. The summed E-state index contributed by atoms with van der Waals surface area (Å²) in [6.07, 6.45) is 0. The van der Waals surface area contributed by atoms with Crippen molar-refractivity contribution in [3.63, 3.8) is 0 Å². The van der Waals surface area contributed by atoms with Crippen LogP contribution in [0.25, 0.3) is 0 Å². The Bertz CT molecular complexity index is 478. The Kier molecular flexibility index (Phi) is 9.97. The number of aliphatic imine (C=N–C) groups is 1.